The highest BCUT2D eigenvalue weighted by Gasteiger charge is 2.14. The van der Waals surface area contributed by atoms with Crippen molar-refractivity contribution in [2.45, 2.75) is 0 Å². The third kappa shape index (κ3) is 4.65. The van der Waals surface area contributed by atoms with Crippen LogP contribution in [-0.4, -0.2) is 54.4 Å². The Morgan fingerprint density at radius 2 is 1.71 bits per heavy atom. The van der Waals surface area contributed by atoms with Gasteiger partial charge in [0.1, 0.15) is 0 Å². The van der Waals surface area contributed by atoms with Crippen LogP contribution in [0.5, 0.6) is 5.88 Å². The lowest BCUT2D eigenvalue weighted by molar-refractivity contribution is 0.313. The zero-order valence-corrected chi connectivity index (χ0v) is 19.4. The predicted octanol–water partition coefficient (Wildman–Crippen LogP) is 4.27. The molecule has 0 aliphatic carbocycles. The van der Waals surface area contributed by atoms with Crippen molar-refractivity contribution in [1.82, 2.24) is 9.88 Å². The summed E-state index contributed by atoms with van der Waals surface area (Å²) < 4.78 is 0. The summed E-state index contributed by atoms with van der Waals surface area (Å²) in [4.78, 5) is 24.2. The normalized spacial score (nSPS) is 14.5. The number of hydrogen-bond acceptors (Lipinski definition) is 6. The summed E-state index contributed by atoms with van der Waals surface area (Å²) in [7, 11) is 2.14. The van der Waals surface area contributed by atoms with Crippen molar-refractivity contribution < 1.29 is 5.11 Å². The number of H-pyrrole nitrogens is 1. The van der Waals surface area contributed by atoms with E-state index in [0.29, 0.717) is 21.9 Å². The highest BCUT2D eigenvalue weighted by Crippen LogP contribution is 2.28. The number of anilines is 1. The average molecular weight is 464 g/mol. The summed E-state index contributed by atoms with van der Waals surface area (Å²) in [5, 5.41) is 20.8. The first kappa shape index (κ1) is 22.4. The zero-order chi connectivity index (χ0) is 24.4. The van der Waals surface area contributed by atoms with Crippen molar-refractivity contribution >= 4 is 28.4 Å². The Balaban J connectivity index is 1.48. The largest absolute Gasteiger partial charge is 0.494 e. The SMILES string of the molecule is CN1CCN(c2ccc(N=Cc3c(O)[nH]c(=O)c4ccc(-c5cccc(C#N)c5)cc34)cc2)CC1. The monoisotopic (exact) mass is 463 g/mol. The lowest BCUT2D eigenvalue weighted by Crippen LogP contribution is -2.44. The summed E-state index contributed by atoms with van der Waals surface area (Å²) in [5.74, 6) is -0.233. The van der Waals surface area contributed by atoms with E-state index in [1.807, 2.05) is 36.4 Å². The van der Waals surface area contributed by atoms with Gasteiger partial charge in [-0.2, -0.15) is 5.26 Å². The molecular formula is C28H25N5O2. The van der Waals surface area contributed by atoms with Crippen molar-refractivity contribution in [2.75, 3.05) is 38.1 Å². The number of aromatic amines is 1. The molecule has 1 saturated heterocycles. The molecule has 1 aliphatic rings. The molecule has 5 rings (SSSR count). The van der Waals surface area contributed by atoms with Gasteiger partial charge in [-0.3, -0.25) is 14.8 Å². The van der Waals surface area contributed by atoms with Crippen LogP contribution in [0.3, 0.4) is 0 Å². The summed E-state index contributed by atoms with van der Waals surface area (Å²) in [6.45, 7) is 4.08. The first-order chi connectivity index (χ1) is 17.0. The lowest BCUT2D eigenvalue weighted by atomic mass is 9.98. The van der Waals surface area contributed by atoms with Crippen molar-refractivity contribution in [3.8, 4) is 23.1 Å². The van der Waals surface area contributed by atoms with Crippen molar-refractivity contribution in [3.05, 3.63) is 88.2 Å². The number of nitrogens with one attached hydrogen (secondary N) is 1. The standard InChI is InChI=1S/C28H25N5O2/c1-32-11-13-33(14-12-32)23-8-6-22(7-9-23)30-18-26-25-16-21(20-4-2-3-19(15-20)17-29)5-10-24(25)27(34)31-28(26)35/h2-10,15-16,18H,11-14H2,1H3,(H2,31,34,35). The molecule has 7 nitrogen and oxygen atoms in total. The molecule has 1 aliphatic heterocycles. The second-order valence-electron chi connectivity index (χ2n) is 8.73. The van der Waals surface area contributed by atoms with Crippen LogP contribution in [0.1, 0.15) is 11.1 Å². The van der Waals surface area contributed by atoms with Gasteiger partial charge < -0.3 is 14.9 Å². The van der Waals surface area contributed by atoms with Crippen molar-refractivity contribution in [1.29, 1.82) is 5.26 Å². The van der Waals surface area contributed by atoms with E-state index in [2.05, 4.69) is 45.0 Å². The zero-order valence-electron chi connectivity index (χ0n) is 19.4. The molecule has 0 radical (unpaired) electrons. The van der Waals surface area contributed by atoms with Gasteiger partial charge >= 0.3 is 0 Å². The number of pyridine rings is 1. The Morgan fingerprint density at radius 1 is 0.971 bits per heavy atom. The maximum atomic E-state index is 12.5. The van der Waals surface area contributed by atoms with E-state index in [1.54, 1.807) is 24.4 Å². The van der Waals surface area contributed by atoms with E-state index < -0.39 is 0 Å². The Hall–Kier alpha value is -4.41. The number of aromatic hydroxyl groups is 1. The molecule has 1 fully saturated rings. The number of fused-ring (bicyclic) bond motifs is 1. The number of aliphatic imine (C=N–C) groups is 1. The number of nitrogens with zero attached hydrogens (tertiary/aromatic N) is 4. The number of piperazine rings is 1. The number of benzene rings is 3. The Bertz CT molecular complexity index is 1510. The highest BCUT2D eigenvalue weighted by atomic mass is 16.3. The summed E-state index contributed by atoms with van der Waals surface area (Å²) in [5.41, 5.74) is 4.22. The summed E-state index contributed by atoms with van der Waals surface area (Å²) >= 11 is 0. The van der Waals surface area contributed by atoms with Crippen LogP contribution in [0.15, 0.2) is 76.5 Å². The molecule has 7 heteroatoms. The number of hydrogen-bond donors (Lipinski definition) is 2. The topological polar surface area (TPSA) is 95.7 Å². The first-order valence-electron chi connectivity index (χ1n) is 11.5. The third-order valence-electron chi connectivity index (χ3n) is 6.43. The maximum absolute atomic E-state index is 12.5. The van der Waals surface area contributed by atoms with Gasteiger partial charge in [-0.1, -0.05) is 18.2 Å². The van der Waals surface area contributed by atoms with Crippen molar-refractivity contribution in [3.63, 3.8) is 0 Å². The van der Waals surface area contributed by atoms with Gasteiger partial charge in [0, 0.05) is 48.9 Å². The lowest BCUT2D eigenvalue weighted by Gasteiger charge is -2.34. The molecule has 0 spiro atoms. The van der Waals surface area contributed by atoms with E-state index in [4.69, 9.17) is 0 Å². The molecule has 1 aromatic heterocycles. The molecule has 2 heterocycles. The van der Waals surface area contributed by atoms with Gasteiger partial charge in [0.25, 0.3) is 5.56 Å². The molecule has 0 unspecified atom stereocenters. The minimum absolute atomic E-state index is 0.233. The molecule has 35 heavy (non-hydrogen) atoms. The molecule has 3 aromatic carbocycles. The van der Waals surface area contributed by atoms with E-state index in [0.717, 1.165) is 43.0 Å². The predicted molar refractivity (Wildman–Crippen MR) is 140 cm³/mol. The highest BCUT2D eigenvalue weighted by molar-refractivity contribution is 6.03. The Morgan fingerprint density at radius 3 is 2.46 bits per heavy atom. The van der Waals surface area contributed by atoms with Gasteiger partial charge in [-0.25, -0.2) is 0 Å². The van der Waals surface area contributed by atoms with Crippen LogP contribution in [0, 0.1) is 11.3 Å². The fourth-order valence-corrected chi connectivity index (χ4v) is 4.37. The molecule has 0 amide bonds. The second-order valence-corrected chi connectivity index (χ2v) is 8.73. The number of likely N-dealkylation sites (N-methyl/N-ethyl adjacent to an activating group) is 1. The fraction of sp³-hybridized carbons (Fsp3) is 0.179. The van der Waals surface area contributed by atoms with E-state index in [1.165, 1.54) is 5.69 Å². The van der Waals surface area contributed by atoms with Crippen LogP contribution in [-0.2, 0) is 0 Å². The van der Waals surface area contributed by atoms with Crippen LogP contribution < -0.4 is 10.5 Å². The fourth-order valence-electron chi connectivity index (χ4n) is 4.37. The van der Waals surface area contributed by atoms with Gasteiger partial charge in [0.15, 0.2) is 0 Å². The Labute approximate surface area is 203 Å². The van der Waals surface area contributed by atoms with Gasteiger partial charge in [0.2, 0.25) is 5.88 Å². The number of rotatable bonds is 4. The molecule has 2 N–H and O–H groups in total. The van der Waals surface area contributed by atoms with Gasteiger partial charge in [-0.15, -0.1) is 0 Å². The molecule has 4 aromatic rings. The van der Waals surface area contributed by atoms with Crippen LogP contribution >= 0.6 is 0 Å². The van der Waals surface area contributed by atoms with Gasteiger partial charge in [0.05, 0.1) is 22.9 Å². The molecule has 0 saturated carbocycles. The van der Waals surface area contributed by atoms with E-state index >= 15 is 0 Å². The minimum atomic E-state index is -0.372. The molecule has 0 bridgehead atoms. The first-order valence-corrected chi connectivity index (χ1v) is 11.5. The summed E-state index contributed by atoms with van der Waals surface area (Å²) in [6.07, 6.45) is 1.58. The molecular weight excluding hydrogens is 438 g/mol. The molecule has 0 atom stereocenters. The van der Waals surface area contributed by atoms with Crippen LogP contribution in [0.25, 0.3) is 21.9 Å². The van der Waals surface area contributed by atoms with Crippen molar-refractivity contribution in [2.24, 2.45) is 4.99 Å². The average Bonchev–Trinajstić information content (AvgIpc) is 2.89. The van der Waals surface area contributed by atoms with E-state index in [-0.39, 0.29) is 11.4 Å². The van der Waals surface area contributed by atoms with Gasteiger partial charge in [-0.05, 0) is 66.7 Å². The van der Waals surface area contributed by atoms with Crippen LogP contribution in [0.2, 0.25) is 0 Å². The van der Waals surface area contributed by atoms with E-state index in [9.17, 15) is 15.2 Å². The third-order valence-corrected chi connectivity index (χ3v) is 6.43. The minimum Gasteiger partial charge on any atom is -0.494 e. The smallest absolute Gasteiger partial charge is 0.258 e. The number of aromatic nitrogens is 1. The van der Waals surface area contributed by atoms with Crippen LogP contribution in [0.4, 0.5) is 11.4 Å². The molecule has 174 valence electrons. The number of nitriles is 1. The second kappa shape index (κ2) is 9.45. The Kier molecular flexibility index (Phi) is 6.04. The summed E-state index contributed by atoms with van der Waals surface area (Å²) in [6, 6.07) is 22.8. The quantitative estimate of drug-likeness (QED) is 0.441. The maximum Gasteiger partial charge on any atom is 0.258 e.